The second-order valence-electron chi connectivity index (χ2n) is 4.28. The van der Waals surface area contributed by atoms with E-state index in [-0.39, 0.29) is 29.8 Å². The summed E-state index contributed by atoms with van der Waals surface area (Å²) in [5.74, 6) is -0.0741. The van der Waals surface area contributed by atoms with Crippen molar-refractivity contribution in [3.05, 3.63) is 28.5 Å². The molecule has 0 aromatic heterocycles. The number of rotatable bonds is 5. The van der Waals surface area contributed by atoms with Gasteiger partial charge in [-0.2, -0.15) is 0 Å². The van der Waals surface area contributed by atoms with Crippen LogP contribution in [0.5, 0.6) is 5.75 Å². The van der Waals surface area contributed by atoms with Gasteiger partial charge in [-0.1, -0.05) is 15.9 Å². The van der Waals surface area contributed by atoms with Crippen LogP contribution in [0.15, 0.2) is 22.7 Å². The van der Waals surface area contributed by atoms with E-state index in [4.69, 9.17) is 9.47 Å². The zero-order valence-electron chi connectivity index (χ0n) is 10.5. The lowest BCUT2D eigenvalue weighted by atomic mass is 9.85. The molecule has 5 heteroatoms. The average molecular weight is 318 g/mol. The van der Waals surface area contributed by atoms with Gasteiger partial charge in [0.1, 0.15) is 12.2 Å². The Kier molecular flexibility index (Phi) is 4.59. The zero-order valence-corrected chi connectivity index (χ0v) is 12.0. The molecule has 3 unspecified atom stereocenters. The summed E-state index contributed by atoms with van der Waals surface area (Å²) >= 11 is 3.31. The van der Waals surface area contributed by atoms with Gasteiger partial charge in [0.25, 0.3) is 0 Å². The average Bonchev–Trinajstić information content (AvgIpc) is 2.35. The molecule has 0 bridgehead atoms. The number of benzene rings is 1. The van der Waals surface area contributed by atoms with Crippen molar-refractivity contribution in [2.24, 2.45) is 0 Å². The van der Waals surface area contributed by atoms with Crippen molar-refractivity contribution in [1.29, 1.82) is 0 Å². The van der Waals surface area contributed by atoms with E-state index in [0.717, 1.165) is 10.9 Å². The molecule has 18 heavy (non-hydrogen) atoms. The molecular weight excluding hydrogens is 301 g/mol. The van der Waals surface area contributed by atoms with Gasteiger partial charge in [0, 0.05) is 23.5 Å². The summed E-state index contributed by atoms with van der Waals surface area (Å²) in [5, 5.41) is 3.17. The summed E-state index contributed by atoms with van der Waals surface area (Å²) < 4.78 is 25.7. The molecule has 1 aliphatic rings. The number of nitrogens with one attached hydrogen (secondary N) is 1. The summed E-state index contributed by atoms with van der Waals surface area (Å²) in [5.41, 5.74) is 0. The highest BCUT2D eigenvalue weighted by atomic mass is 79.9. The molecule has 100 valence electrons. The molecule has 0 radical (unpaired) electrons. The van der Waals surface area contributed by atoms with Crippen LogP contribution in [-0.2, 0) is 4.74 Å². The van der Waals surface area contributed by atoms with Crippen LogP contribution >= 0.6 is 15.9 Å². The van der Waals surface area contributed by atoms with E-state index in [9.17, 15) is 4.39 Å². The van der Waals surface area contributed by atoms with Crippen LogP contribution in [-0.4, -0.2) is 31.9 Å². The van der Waals surface area contributed by atoms with E-state index in [0.29, 0.717) is 6.61 Å². The predicted octanol–water partition coefficient (Wildman–Crippen LogP) is 2.73. The fourth-order valence-electron chi connectivity index (χ4n) is 2.13. The fraction of sp³-hybridized carbons (Fsp3) is 0.538. The van der Waals surface area contributed by atoms with Crippen LogP contribution in [0.3, 0.4) is 0 Å². The predicted molar refractivity (Wildman–Crippen MR) is 71.4 cm³/mol. The quantitative estimate of drug-likeness (QED) is 0.905. The highest BCUT2D eigenvalue weighted by Gasteiger charge is 2.43. The topological polar surface area (TPSA) is 30.5 Å². The maximum Gasteiger partial charge on any atom is 0.165 e. The molecule has 1 saturated carbocycles. The second kappa shape index (κ2) is 5.99. The van der Waals surface area contributed by atoms with Crippen LogP contribution in [0.2, 0.25) is 0 Å². The Morgan fingerprint density at radius 3 is 2.94 bits per heavy atom. The van der Waals surface area contributed by atoms with Gasteiger partial charge < -0.3 is 14.8 Å². The maximum absolute atomic E-state index is 13.6. The van der Waals surface area contributed by atoms with Crippen molar-refractivity contribution in [2.75, 3.05) is 13.7 Å². The number of ether oxygens (including phenoxy) is 2. The van der Waals surface area contributed by atoms with Crippen LogP contribution < -0.4 is 10.1 Å². The minimum Gasteiger partial charge on any atom is -0.484 e. The zero-order chi connectivity index (χ0) is 13.1. The normalized spacial score (nSPS) is 26.8. The number of likely N-dealkylation sites (N-methyl/N-ethyl adjacent to an activating group) is 1. The van der Waals surface area contributed by atoms with E-state index in [1.54, 1.807) is 12.1 Å². The third-order valence-corrected chi connectivity index (χ3v) is 3.64. The Balaban J connectivity index is 2.03. The minimum atomic E-state index is -0.346. The second-order valence-corrected chi connectivity index (χ2v) is 5.20. The van der Waals surface area contributed by atoms with E-state index >= 15 is 0 Å². The lowest BCUT2D eigenvalue weighted by molar-refractivity contribution is -0.104. The van der Waals surface area contributed by atoms with Crippen molar-refractivity contribution < 1.29 is 13.9 Å². The summed E-state index contributed by atoms with van der Waals surface area (Å²) in [6, 6.07) is 4.97. The first kappa shape index (κ1) is 13.8. The molecule has 3 atom stereocenters. The van der Waals surface area contributed by atoms with Gasteiger partial charge in [0.2, 0.25) is 0 Å². The lowest BCUT2D eigenvalue weighted by Gasteiger charge is -2.43. The molecule has 1 aromatic rings. The number of hydrogen-bond donors (Lipinski definition) is 1. The molecule has 0 heterocycles. The van der Waals surface area contributed by atoms with Crippen LogP contribution in [0.4, 0.5) is 4.39 Å². The molecule has 1 N–H and O–H groups in total. The standard InChI is InChI=1S/C13H17BrFNO2/c1-3-17-13-10(16-2)7-12(13)18-11-6-8(14)4-5-9(11)15/h4-6,10,12-13,16H,3,7H2,1-2H3. The molecule has 1 aliphatic carbocycles. The van der Waals surface area contributed by atoms with Crippen molar-refractivity contribution in [2.45, 2.75) is 31.6 Å². The minimum absolute atomic E-state index is 0.0154. The molecule has 1 aromatic carbocycles. The van der Waals surface area contributed by atoms with Gasteiger partial charge in [0.15, 0.2) is 11.6 Å². The molecule has 3 nitrogen and oxygen atoms in total. The Morgan fingerprint density at radius 1 is 1.50 bits per heavy atom. The van der Waals surface area contributed by atoms with Gasteiger partial charge in [-0.05, 0) is 32.2 Å². The number of hydrogen-bond acceptors (Lipinski definition) is 3. The SMILES string of the molecule is CCOC1C(NC)CC1Oc1cc(Br)ccc1F. The molecule has 0 amide bonds. The van der Waals surface area contributed by atoms with Gasteiger partial charge in [-0.3, -0.25) is 0 Å². The van der Waals surface area contributed by atoms with E-state index < -0.39 is 0 Å². The Bertz CT molecular complexity index is 416. The van der Waals surface area contributed by atoms with E-state index in [2.05, 4.69) is 21.2 Å². The highest BCUT2D eigenvalue weighted by molar-refractivity contribution is 9.10. The first-order valence-corrected chi connectivity index (χ1v) is 6.85. The first-order chi connectivity index (χ1) is 8.65. The molecule has 0 spiro atoms. The Labute approximate surface area is 115 Å². The smallest absolute Gasteiger partial charge is 0.165 e. The molecular formula is C13H17BrFNO2. The molecule has 0 aliphatic heterocycles. The molecule has 0 saturated heterocycles. The fourth-order valence-corrected chi connectivity index (χ4v) is 2.47. The Hall–Kier alpha value is -0.650. The summed E-state index contributed by atoms with van der Waals surface area (Å²) in [6.45, 7) is 2.57. The van der Waals surface area contributed by atoms with Crippen molar-refractivity contribution >= 4 is 15.9 Å². The summed E-state index contributed by atoms with van der Waals surface area (Å²) in [6.07, 6.45) is 0.720. The van der Waals surface area contributed by atoms with Gasteiger partial charge in [0.05, 0.1) is 0 Å². The summed E-state index contributed by atoms with van der Waals surface area (Å²) in [4.78, 5) is 0. The lowest BCUT2D eigenvalue weighted by Crippen LogP contribution is -2.60. The largest absolute Gasteiger partial charge is 0.484 e. The van der Waals surface area contributed by atoms with Gasteiger partial charge in [-0.15, -0.1) is 0 Å². The third-order valence-electron chi connectivity index (χ3n) is 3.15. The van der Waals surface area contributed by atoms with Crippen molar-refractivity contribution in [3.8, 4) is 5.75 Å². The van der Waals surface area contributed by atoms with Crippen LogP contribution in [0.25, 0.3) is 0 Å². The summed E-state index contributed by atoms with van der Waals surface area (Å²) in [7, 11) is 1.90. The monoisotopic (exact) mass is 317 g/mol. The Morgan fingerprint density at radius 2 is 2.28 bits per heavy atom. The van der Waals surface area contributed by atoms with Crippen LogP contribution in [0, 0.1) is 5.82 Å². The maximum atomic E-state index is 13.6. The van der Waals surface area contributed by atoms with E-state index in [1.165, 1.54) is 6.07 Å². The van der Waals surface area contributed by atoms with Gasteiger partial charge in [-0.25, -0.2) is 4.39 Å². The molecule has 2 rings (SSSR count). The van der Waals surface area contributed by atoms with E-state index in [1.807, 2.05) is 14.0 Å². The van der Waals surface area contributed by atoms with Gasteiger partial charge >= 0.3 is 0 Å². The van der Waals surface area contributed by atoms with Crippen molar-refractivity contribution in [3.63, 3.8) is 0 Å². The third kappa shape index (κ3) is 2.84. The number of halogens is 2. The molecule has 1 fully saturated rings. The highest BCUT2D eigenvalue weighted by Crippen LogP contribution is 2.31. The first-order valence-electron chi connectivity index (χ1n) is 6.06. The van der Waals surface area contributed by atoms with Crippen molar-refractivity contribution in [1.82, 2.24) is 5.32 Å². The van der Waals surface area contributed by atoms with Crippen LogP contribution in [0.1, 0.15) is 13.3 Å².